The van der Waals surface area contributed by atoms with Crippen molar-refractivity contribution in [3.8, 4) is 0 Å². The molecule has 0 saturated carbocycles. The summed E-state index contributed by atoms with van der Waals surface area (Å²) in [5, 5.41) is 0. The van der Waals surface area contributed by atoms with E-state index in [2.05, 4.69) is 13.8 Å². The first-order chi connectivity index (χ1) is 7.46. The van der Waals surface area contributed by atoms with E-state index in [1.54, 1.807) is 0 Å². The van der Waals surface area contributed by atoms with Gasteiger partial charge in [-0.2, -0.15) is 0 Å². The minimum absolute atomic E-state index is 0.0222. The molecule has 4 heteroatoms. The molecule has 0 aliphatic carbocycles. The number of rotatable bonds is 2. The fourth-order valence-electron chi connectivity index (χ4n) is 2.57. The number of hydrogen-bond donors (Lipinski definition) is 1. The van der Waals surface area contributed by atoms with Gasteiger partial charge < -0.3 is 15.4 Å². The van der Waals surface area contributed by atoms with E-state index in [0.717, 1.165) is 25.8 Å². The average Bonchev–Trinajstić information content (AvgIpc) is 2.52. The molecule has 0 aromatic carbocycles. The Morgan fingerprint density at radius 2 is 2.25 bits per heavy atom. The van der Waals surface area contributed by atoms with Gasteiger partial charge in [0.2, 0.25) is 5.91 Å². The summed E-state index contributed by atoms with van der Waals surface area (Å²) in [7, 11) is 0. The SMILES string of the molecule is CC1(C)CCC(CN2CC(N)CCC2=O)O1. The molecule has 1 amide bonds. The van der Waals surface area contributed by atoms with Crippen LogP contribution in [0.15, 0.2) is 0 Å². The lowest BCUT2D eigenvalue weighted by Gasteiger charge is -2.32. The first-order valence-electron chi connectivity index (χ1n) is 6.17. The highest BCUT2D eigenvalue weighted by atomic mass is 16.5. The first kappa shape index (κ1) is 11.9. The van der Waals surface area contributed by atoms with Crippen molar-refractivity contribution in [2.45, 2.75) is 57.3 Å². The van der Waals surface area contributed by atoms with E-state index in [4.69, 9.17) is 10.5 Å². The van der Waals surface area contributed by atoms with E-state index in [0.29, 0.717) is 13.0 Å². The molecule has 2 N–H and O–H groups in total. The van der Waals surface area contributed by atoms with E-state index in [1.807, 2.05) is 4.90 Å². The fraction of sp³-hybridized carbons (Fsp3) is 0.917. The van der Waals surface area contributed by atoms with Crippen LogP contribution in [0.25, 0.3) is 0 Å². The number of ether oxygens (including phenoxy) is 1. The first-order valence-corrected chi connectivity index (χ1v) is 6.17. The third kappa shape index (κ3) is 2.74. The standard InChI is InChI=1S/C12H22N2O2/c1-12(2)6-5-10(16-12)8-14-7-9(13)3-4-11(14)15/h9-10H,3-8,13H2,1-2H3. The number of likely N-dealkylation sites (tertiary alicyclic amines) is 1. The summed E-state index contributed by atoms with van der Waals surface area (Å²) in [6.07, 6.45) is 3.74. The Morgan fingerprint density at radius 3 is 2.88 bits per heavy atom. The number of carbonyl (C=O) groups is 1. The molecule has 2 heterocycles. The Morgan fingerprint density at radius 1 is 1.50 bits per heavy atom. The molecule has 2 unspecified atom stereocenters. The van der Waals surface area contributed by atoms with Crippen LogP contribution < -0.4 is 5.73 Å². The molecule has 92 valence electrons. The Hall–Kier alpha value is -0.610. The second kappa shape index (κ2) is 4.34. The van der Waals surface area contributed by atoms with Gasteiger partial charge in [-0.15, -0.1) is 0 Å². The largest absolute Gasteiger partial charge is 0.371 e. The minimum atomic E-state index is -0.0222. The summed E-state index contributed by atoms with van der Waals surface area (Å²) in [6, 6.07) is 0.145. The van der Waals surface area contributed by atoms with Crippen LogP contribution in [-0.4, -0.2) is 41.6 Å². The topological polar surface area (TPSA) is 55.6 Å². The zero-order valence-electron chi connectivity index (χ0n) is 10.2. The summed E-state index contributed by atoms with van der Waals surface area (Å²) in [6.45, 7) is 5.63. The Kier molecular flexibility index (Phi) is 3.22. The van der Waals surface area contributed by atoms with Gasteiger partial charge in [-0.05, 0) is 33.1 Å². The highest BCUT2D eigenvalue weighted by Crippen LogP contribution is 2.30. The Bertz CT molecular complexity index is 278. The van der Waals surface area contributed by atoms with Gasteiger partial charge in [-0.25, -0.2) is 0 Å². The highest BCUT2D eigenvalue weighted by Gasteiger charge is 2.34. The second-order valence-corrected chi connectivity index (χ2v) is 5.64. The molecule has 2 aliphatic rings. The van der Waals surface area contributed by atoms with E-state index >= 15 is 0 Å². The molecule has 2 atom stereocenters. The molecule has 0 spiro atoms. The molecule has 2 saturated heterocycles. The monoisotopic (exact) mass is 226 g/mol. The summed E-state index contributed by atoms with van der Waals surface area (Å²) in [5.41, 5.74) is 5.86. The van der Waals surface area contributed by atoms with Crippen molar-refractivity contribution >= 4 is 5.91 Å². The zero-order chi connectivity index (χ0) is 11.8. The number of hydrogen-bond acceptors (Lipinski definition) is 3. The maximum absolute atomic E-state index is 11.7. The quantitative estimate of drug-likeness (QED) is 0.761. The van der Waals surface area contributed by atoms with Crippen LogP contribution >= 0.6 is 0 Å². The van der Waals surface area contributed by atoms with Crippen LogP contribution in [0.1, 0.15) is 39.5 Å². The maximum atomic E-state index is 11.7. The van der Waals surface area contributed by atoms with Crippen LogP contribution in [0.4, 0.5) is 0 Å². The molecule has 2 rings (SSSR count). The molecular weight excluding hydrogens is 204 g/mol. The summed E-state index contributed by atoms with van der Waals surface area (Å²) < 4.78 is 5.90. The van der Waals surface area contributed by atoms with Gasteiger partial charge in [0.05, 0.1) is 11.7 Å². The minimum Gasteiger partial charge on any atom is -0.371 e. The molecule has 4 nitrogen and oxygen atoms in total. The van der Waals surface area contributed by atoms with Gasteiger partial charge in [0.15, 0.2) is 0 Å². The van der Waals surface area contributed by atoms with Gasteiger partial charge in [0.1, 0.15) is 0 Å². The number of carbonyl (C=O) groups excluding carboxylic acids is 1. The van der Waals surface area contributed by atoms with Crippen LogP contribution in [0.3, 0.4) is 0 Å². The Labute approximate surface area is 97.1 Å². The smallest absolute Gasteiger partial charge is 0.222 e. The predicted octanol–water partition coefficient (Wildman–Crippen LogP) is 0.894. The summed E-state index contributed by atoms with van der Waals surface area (Å²) in [5.74, 6) is 0.231. The van der Waals surface area contributed by atoms with E-state index in [1.165, 1.54) is 0 Å². The van der Waals surface area contributed by atoms with Crippen molar-refractivity contribution in [1.82, 2.24) is 4.90 Å². The second-order valence-electron chi connectivity index (χ2n) is 5.64. The fourth-order valence-corrected chi connectivity index (χ4v) is 2.57. The van der Waals surface area contributed by atoms with Crippen molar-refractivity contribution < 1.29 is 9.53 Å². The zero-order valence-corrected chi connectivity index (χ0v) is 10.2. The molecule has 0 aromatic heterocycles. The molecule has 16 heavy (non-hydrogen) atoms. The highest BCUT2D eigenvalue weighted by molar-refractivity contribution is 5.77. The number of amides is 1. The van der Waals surface area contributed by atoms with Crippen LogP contribution in [0, 0.1) is 0 Å². The predicted molar refractivity (Wildman–Crippen MR) is 62.0 cm³/mol. The number of nitrogens with two attached hydrogens (primary N) is 1. The number of nitrogens with zero attached hydrogens (tertiary/aromatic N) is 1. The van der Waals surface area contributed by atoms with E-state index in [9.17, 15) is 4.79 Å². The van der Waals surface area contributed by atoms with Gasteiger partial charge in [-0.1, -0.05) is 0 Å². The van der Waals surface area contributed by atoms with E-state index < -0.39 is 0 Å². The Balaban J connectivity index is 1.87. The van der Waals surface area contributed by atoms with Crippen molar-refractivity contribution in [1.29, 1.82) is 0 Å². The van der Waals surface area contributed by atoms with Crippen molar-refractivity contribution in [2.24, 2.45) is 5.73 Å². The van der Waals surface area contributed by atoms with Crippen molar-refractivity contribution in [3.05, 3.63) is 0 Å². The van der Waals surface area contributed by atoms with E-state index in [-0.39, 0.29) is 23.7 Å². The van der Waals surface area contributed by atoms with Gasteiger partial charge >= 0.3 is 0 Å². The molecule has 0 bridgehead atoms. The maximum Gasteiger partial charge on any atom is 0.222 e. The molecule has 0 aromatic rings. The number of piperidine rings is 1. The lowest BCUT2D eigenvalue weighted by molar-refractivity contribution is -0.136. The average molecular weight is 226 g/mol. The molecule has 2 aliphatic heterocycles. The lowest BCUT2D eigenvalue weighted by atomic mass is 10.0. The lowest BCUT2D eigenvalue weighted by Crippen LogP contribution is -2.48. The third-order valence-electron chi connectivity index (χ3n) is 3.51. The van der Waals surface area contributed by atoms with Crippen LogP contribution in [0.5, 0.6) is 0 Å². The third-order valence-corrected chi connectivity index (χ3v) is 3.51. The van der Waals surface area contributed by atoms with Crippen LogP contribution in [0.2, 0.25) is 0 Å². The van der Waals surface area contributed by atoms with Gasteiger partial charge in [0.25, 0.3) is 0 Å². The molecule has 2 fully saturated rings. The van der Waals surface area contributed by atoms with Crippen molar-refractivity contribution in [2.75, 3.05) is 13.1 Å². The molecular formula is C12H22N2O2. The summed E-state index contributed by atoms with van der Waals surface area (Å²) in [4.78, 5) is 13.6. The normalized spacial score (nSPS) is 34.4. The van der Waals surface area contributed by atoms with Crippen molar-refractivity contribution in [3.63, 3.8) is 0 Å². The van der Waals surface area contributed by atoms with Gasteiger partial charge in [0, 0.05) is 25.6 Å². The summed E-state index contributed by atoms with van der Waals surface area (Å²) >= 11 is 0. The van der Waals surface area contributed by atoms with Crippen LogP contribution in [-0.2, 0) is 9.53 Å². The van der Waals surface area contributed by atoms with Gasteiger partial charge in [-0.3, -0.25) is 4.79 Å². The molecule has 0 radical (unpaired) electrons.